The Hall–Kier alpha value is -4.16. The van der Waals surface area contributed by atoms with Crippen LogP contribution in [0.5, 0.6) is 0 Å². The van der Waals surface area contributed by atoms with Gasteiger partial charge in [-0.05, 0) is 29.7 Å². The summed E-state index contributed by atoms with van der Waals surface area (Å²) in [5.41, 5.74) is 12.5. The summed E-state index contributed by atoms with van der Waals surface area (Å²) < 4.78 is 1.81. The first-order valence-corrected chi connectivity index (χ1v) is 12.0. The van der Waals surface area contributed by atoms with E-state index in [9.17, 15) is 4.79 Å². The van der Waals surface area contributed by atoms with E-state index in [1.165, 1.54) is 0 Å². The minimum Gasteiger partial charge on any atom is -0.359 e. The van der Waals surface area contributed by atoms with Gasteiger partial charge >= 0.3 is 5.69 Å². The van der Waals surface area contributed by atoms with Gasteiger partial charge in [0.15, 0.2) is 0 Å². The summed E-state index contributed by atoms with van der Waals surface area (Å²) >= 11 is 0. The second-order valence-electron chi connectivity index (χ2n) is 9.13. The average molecular weight is 462 g/mol. The Balaban J connectivity index is 1.70. The molecule has 0 bridgehead atoms. The highest BCUT2D eigenvalue weighted by Gasteiger charge is 2.47. The molecule has 6 rings (SSSR count). The molecule has 2 atom stereocenters. The zero-order valence-corrected chi connectivity index (χ0v) is 19.5. The third-order valence-electron chi connectivity index (χ3n) is 7.18. The minimum atomic E-state index is -0.757. The van der Waals surface area contributed by atoms with E-state index in [-0.39, 0.29) is 11.7 Å². The number of para-hydroxylation sites is 2. The number of nitrogens with zero attached hydrogens (tertiary/aromatic N) is 2. The Morgan fingerprint density at radius 2 is 1.74 bits per heavy atom. The van der Waals surface area contributed by atoms with Crippen LogP contribution in [-0.4, -0.2) is 26.8 Å². The van der Waals surface area contributed by atoms with E-state index in [1.807, 2.05) is 73.1 Å². The Morgan fingerprint density at radius 3 is 2.57 bits per heavy atom. The largest absolute Gasteiger partial charge is 0.359 e. The van der Waals surface area contributed by atoms with Crippen molar-refractivity contribution < 1.29 is 0 Å². The van der Waals surface area contributed by atoms with Gasteiger partial charge in [0.05, 0.1) is 22.5 Å². The highest BCUT2D eigenvalue weighted by molar-refractivity contribution is 5.92. The van der Waals surface area contributed by atoms with Crippen molar-refractivity contribution in [1.82, 2.24) is 14.5 Å². The van der Waals surface area contributed by atoms with Crippen molar-refractivity contribution in [1.29, 1.82) is 0 Å². The molecule has 2 aromatic heterocycles. The number of aromatic nitrogens is 3. The number of nitrogens with two attached hydrogens (primary N) is 1. The average Bonchev–Trinajstić information content (AvgIpc) is 3.58. The van der Waals surface area contributed by atoms with Gasteiger partial charge in [-0.1, -0.05) is 73.7 Å². The molecule has 5 aromatic rings. The van der Waals surface area contributed by atoms with Crippen LogP contribution in [0.2, 0.25) is 0 Å². The highest BCUT2D eigenvalue weighted by Crippen LogP contribution is 2.46. The van der Waals surface area contributed by atoms with Gasteiger partial charge in [0.25, 0.3) is 0 Å². The molecule has 1 aliphatic rings. The number of hydrogen-bond donors (Lipinski definition) is 3. The maximum Gasteiger partial charge on any atom is 0.330 e. The number of nitrogens with one attached hydrogen (secondary N) is 2. The van der Waals surface area contributed by atoms with Gasteiger partial charge in [-0.15, -0.1) is 0 Å². The van der Waals surface area contributed by atoms with Crippen molar-refractivity contribution in [2.24, 2.45) is 10.7 Å². The lowest BCUT2D eigenvalue weighted by atomic mass is 9.71. The van der Waals surface area contributed by atoms with Gasteiger partial charge in [-0.3, -0.25) is 9.56 Å². The molecule has 3 aromatic carbocycles. The summed E-state index contributed by atoms with van der Waals surface area (Å²) in [5, 5.41) is 0.976. The molecule has 35 heavy (non-hydrogen) atoms. The number of fused-ring (bicyclic) bond motifs is 2. The predicted octanol–water partition coefficient (Wildman–Crippen LogP) is 4.98. The van der Waals surface area contributed by atoms with Crippen LogP contribution < -0.4 is 11.4 Å². The number of benzene rings is 3. The Kier molecular flexibility index (Phi) is 5.04. The summed E-state index contributed by atoms with van der Waals surface area (Å²) in [6.07, 6.45) is 5.15. The van der Waals surface area contributed by atoms with E-state index >= 15 is 0 Å². The van der Waals surface area contributed by atoms with Crippen molar-refractivity contribution in [3.8, 4) is 5.69 Å². The summed E-state index contributed by atoms with van der Waals surface area (Å²) in [6, 6.07) is 26.0. The second-order valence-corrected chi connectivity index (χ2v) is 9.13. The first kappa shape index (κ1) is 21.4. The molecule has 0 radical (unpaired) electrons. The van der Waals surface area contributed by atoms with Gasteiger partial charge < -0.3 is 15.7 Å². The van der Waals surface area contributed by atoms with Crippen LogP contribution in [0.1, 0.15) is 35.9 Å². The summed E-state index contributed by atoms with van der Waals surface area (Å²) in [7, 11) is 0. The van der Waals surface area contributed by atoms with Crippen LogP contribution >= 0.6 is 0 Å². The number of aliphatic imine (C=N–C) groups is 1. The zero-order chi connectivity index (χ0) is 24.0. The third kappa shape index (κ3) is 3.21. The van der Waals surface area contributed by atoms with E-state index in [0.29, 0.717) is 6.42 Å². The van der Waals surface area contributed by atoms with Crippen molar-refractivity contribution in [2.45, 2.75) is 31.2 Å². The first-order chi connectivity index (χ1) is 17.1. The highest BCUT2D eigenvalue weighted by atomic mass is 16.1. The fourth-order valence-corrected chi connectivity index (χ4v) is 5.47. The molecular formula is C29H27N5O. The minimum absolute atomic E-state index is 0.184. The molecule has 0 aliphatic carbocycles. The van der Waals surface area contributed by atoms with Gasteiger partial charge in [-0.25, -0.2) is 4.79 Å². The van der Waals surface area contributed by atoms with E-state index in [1.54, 1.807) is 4.57 Å². The quantitative estimate of drug-likeness (QED) is 0.333. The topological polar surface area (TPSA) is 92.0 Å². The van der Waals surface area contributed by atoms with Crippen LogP contribution in [-0.2, 0) is 11.8 Å². The van der Waals surface area contributed by atoms with Crippen molar-refractivity contribution >= 4 is 22.8 Å². The maximum absolute atomic E-state index is 13.7. The van der Waals surface area contributed by atoms with Gasteiger partial charge in [-0.2, -0.15) is 0 Å². The smallest absolute Gasteiger partial charge is 0.330 e. The fraction of sp³-hybridized carbons (Fsp3) is 0.172. The molecule has 1 aliphatic heterocycles. The number of H-pyrrole nitrogens is 2. The number of imidazole rings is 1. The summed E-state index contributed by atoms with van der Waals surface area (Å²) in [6.45, 7) is 2.08. The van der Waals surface area contributed by atoms with Gasteiger partial charge in [0.2, 0.25) is 0 Å². The normalized spacial score (nSPS) is 17.7. The molecule has 0 saturated carbocycles. The van der Waals surface area contributed by atoms with E-state index in [0.717, 1.165) is 51.2 Å². The monoisotopic (exact) mass is 461 g/mol. The molecule has 6 heteroatoms. The Labute approximate surface area is 203 Å². The molecule has 4 N–H and O–H groups in total. The fourth-order valence-electron chi connectivity index (χ4n) is 5.47. The maximum atomic E-state index is 13.7. The van der Waals surface area contributed by atoms with Crippen LogP contribution in [0.25, 0.3) is 16.6 Å². The third-order valence-corrected chi connectivity index (χ3v) is 7.18. The van der Waals surface area contributed by atoms with E-state index in [4.69, 9.17) is 10.7 Å². The standard InChI is InChI=1S/C29H27N5O/c1-2-26(30)29(18-32-23-15-9-7-13-21(23)29)27-24(16-19-10-4-3-5-11-19)33-28(35)34(27)25-17-31-22-14-8-6-12-20(22)25/h3-15,17-18,26,31H,2,16,30H2,1H3,(H,33,35). The Bertz CT molecular complexity index is 1610. The van der Waals surface area contributed by atoms with Crippen molar-refractivity contribution in [3.63, 3.8) is 0 Å². The molecule has 0 saturated heterocycles. The lowest BCUT2D eigenvalue weighted by Crippen LogP contribution is -2.48. The molecule has 0 amide bonds. The molecular weight excluding hydrogens is 434 g/mol. The Morgan fingerprint density at radius 1 is 1.00 bits per heavy atom. The van der Waals surface area contributed by atoms with Crippen LogP contribution in [0.15, 0.2) is 94.8 Å². The summed E-state index contributed by atoms with van der Waals surface area (Å²) in [5.74, 6) is 0. The predicted molar refractivity (Wildman–Crippen MR) is 141 cm³/mol. The van der Waals surface area contributed by atoms with Crippen LogP contribution in [0, 0.1) is 0 Å². The van der Waals surface area contributed by atoms with Crippen LogP contribution in [0.4, 0.5) is 5.69 Å². The SMILES string of the molecule is CCC(N)C1(c2c(Cc3ccccc3)[nH]c(=O)n2-c2c[nH]c3ccccc23)C=Nc2ccccc21. The second kappa shape index (κ2) is 8.25. The number of hydrogen-bond acceptors (Lipinski definition) is 3. The molecule has 174 valence electrons. The molecule has 2 unspecified atom stereocenters. The lowest BCUT2D eigenvalue weighted by Gasteiger charge is -2.35. The molecule has 0 fully saturated rings. The zero-order valence-electron chi connectivity index (χ0n) is 19.5. The number of rotatable bonds is 6. The molecule has 6 nitrogen and oxygen atoms in total. The van der Waals surface area contributed by atoms with Gasteiger partial charge in [0.1, 0.15) is 0 Å². The van der Waals surface area contributed by atoms with E-state index < -0.39 is 5.41 Å². The first-order valence-electron chi connectivity index (χ1n) is 12.0. The molecule has 0 spiro atoms. The van der Waals surface area contributed by atoms with E-state index in [2.05, 4.69) is 35.1 Å². The van der Waals surface area contributed by atoms with Crippen LogP contribution in [0.3, 0.4) is 0 Å². The molecule has 3 heterocycles. The summed E-state index contributed by atoms with van der Waals surface area (Å²) in [4.78, 5) is 25.1. The lowest BCUT2D eigenvalue weighted by molar-refractivity contribution is 0.497. The van der Waals surface area contributed by atoms with Gasteiger partial charge in [0, 0.05) is 41.5 Å². The number of aromatic amines is 2. The van der Waals surface area contributed by atoms with Crippen molar-refractivity contribution in [3.05, 3.63) is 118 Å². The van der Waals surface area contributed by atoms with Crippen molar-refractivity contribution in [2.75, 3.05) is 0 Å².